The summed E-state index contributed by atoms with van der Waals surface area (Å²) in [4.78, 5) is 4.77. The third-order valence-electron chi connectivity index (χ3n) is 5.31. The molecular weight excluding hydrogens is 360 g/mol. The molecule has 0 saturated carbocycles. The Labute approximate surface area is 174 Å². The maximum Gasteiger partial charge on any atom is 0.115 e. The second-order valence-corrected chi connectivity index (χ2v) is 7.44. The number of aliphatic hydroxyl groups is 1. The second kappa shape index (κ2) is 11.4. The Bertz CT molecular complexity index is 791. The van der Waals surface area contributed by atoms with E-state index in [2.05, 4.69) is 58.4 Å². The van der Waals surface area contributed by atoms with E-state index in [0.29, 0.717) is 5.75 Å². The van der Waals surface area contributed by atoms with Crippen molar-refractivity contribution in [3.63, 3.8) is 0 Å². The quantitative estimate of drug-likeness (QED) is 0.621. The number of hydrogen-bond acceptors (Lipinski definition) is 4. The lowest BCUT2D eigenvalue weighted by Gasteiger charge is -2.36. The van der Waals surface area contributed by atoms with Crippen LogP contribution in [0.1, 0.15) is 30.4 Å². The number of rotatable bonds is 9. The summed E-state index contributed by atoms with van der Waals surface area (Å²) in [5.74, 6) is 0.305. The number of nitrogens with zero attached hydrogens (tertiary/aromatic N) is 2. The summed E-state index contributed by atoms with van der Waals surface area (Å²) in [7, 11) is 0. The zero-order valence-corrected chi connectivity index (χ0v) is 17.1. The van der Waals surface area contributed by atoms with Crippen LogP contribution in [0, 0.1) is 0 Å². The molecule has 0 atom stereocenters. The summed E-state index contributed by atoms with van der Waals surface area (Å²) >= 11 is 0. The Hall–Kier alpha value is -2.56. The van der Waals surface area contributed by atoms with Crippen LogP contribution in [-0.2, 0) is 0 Å². The first kappa shape index (κ1) is 21.2. The van der Waals surface area contributed by atoms with E-state index in [1.807, 2.05) is 12.1 Å². The molecule has 4 nitrogen and oxygen atoms in total. The predicted molar refractivity (Wildman–Crippen MR) is 122 cm³/mol. The van der Waals surface area contributed by atoms with E-state index < -0.39 is 0 Å². The molecule has 1 aliphatic heterocycles. The van der Waals surface area contributed by atoms with E-state index in [0.717, 1.165) is 57.5 Å². The van der Waals surface area contributed by atoms with Crippen LogP contribution in [0.15, 0.2) is 60.7 Å². The molecule has 2 aromatic rings. The lowest BCUT2D eigenvalue weighted by molar-refractivity contribution is 0.189. The van der Waals surface area contributed by atoms with Gasteiger partial charge in [-0.2, -0.15) is 0 Å². The molecule has 154 valence electrons. The van der Waals surface area contributed by atoms with Crippen LogP contribution in [0.5, 0.6) is 5.75 Å². The number of benzene rings is 2. The van der Waals surface area contributed by atoms with Gasteiger partial charge in [0.15, 0.2) is 0 Å². The highest BCUT2D eigenvalue weighted by atomic mass is 16.3. The molecule has 1 saturated heterocycles. The van der Waals surface area contributed by atoms with Gasteiger partial charge in [-0.05, 0) is 48.6 Å². The van der Waals surface area contributed by atoms with Gasteiger partial charge in [-0.15, -0.1) is 0 Å². The van der Waals surface area contributed by atoms with Crippen molar-refractivity contribution < 1.29 is 10.2 Å². The lowest BCUT2D eigenvalue weighted by Crippen LogP contribution is -2.47. The van der Waals surface area contributed by atoms with Gasteiger partial charge in [0.25, 0.3) is 0 Å². The highest BCUT2D eigenvalue weighted by Gasteiger charge is 2.17. The van der Waals surface area contributed by atoms with Gasteiger partial charge in [0.1, 0.15) is 5.75 Å². The van der Waals surface area contributed by atoms with Crippen molar-refractivity contribution in [2.45, 2.75) is 19.3 Å². The Morgan fingerprint density at radius 1 is 0.828 bits per heavy atom. The van der Waals surface area contributed by atoms with Crippen LogP contribution < -0.4 is 4.90 Å². The number of aliphatic hydroxyl groups excluding tert-OH is 1. The third kappa shape index (κ3) is 6.77. The molecule has 1 heterocycles. The molecule has 29 heavy (non-hydrogen) atoms. The van der Waals surface area contributed by atoms with Crippen LogP contribution >= 0.6 is 0 Å². The zero-order chi connectivity index (χ0) is 20.3. The highest BCUT2D eigenvalue weighted by Crippen LogP contribution is 2.23. The molecule has 0 aliphatic carbocycles. The molecule has 1 fully saturated rings. The molecule has 0 radical (unpaired) electrons. The Kier molecular flexibility index (Phi) is 8.35. The molecule has 0 bridgehead atoms. The molecule has 0 unspecified atom stereocenters. The van der Waals surface area contributed by atoms with Crippen molar-refractivity contribution in [2.24, 2.45) is 0 Å². The molecule has 3 rings (SSSR count). The van der Waals surface area contributed by atoms with Crippen LogP contribution in [-0.4, -0.2) is 54.4 Å². The number of β-amino-alcohol motifs (C(OH)–C–C–N with tert-alkyl or cyclic N) is 1. The van der Waals surface area contributed by atoms with Crippen LogP contribution in [0.2, 0.25) is 0 Å². The molecule has 1 aliphatic rings. The van der Waals surface area contributed by atoms with Gasteiger partial charge in [-0.3, -0.25) is 4.90 Å². The van der Waals surface area contributed by atoms with Crippen molar-refractivity contribution in [3.8, 4) is 5.75 Å². The SMILES string of the molecule is OCCN1CCN(c2ccccc2/C=C/CCC/C=C/c2ccc(O)cc2)CC1. The number of hydrogen-bond donors (Lipinski definition) is 2. The minimum absolute atomic E-state index is 0.240. The van der Waals surface area contributed by atoms with Crippen molar-refractivity contribution in [3.05, 3.63) is 71.8 Å². The summed E-state index contributed by atoms with van der Waals surface area (Å²) < 4.78 is 0. The van der Waals surface area contributed by atoms with E-state index in [1.165, 1.54) is 11.3 Å². The van der Waals surface area contributed by atoms with Gasteiger partial charge in [0, 0.05) is 38.4 Å². The number of allylic oxidation sites excluding steroid dienone is 2. The molecule has 0 aromatic heterocycles. The minimum atomic E-state index is 0.240. The largest absolute Gasteiger partial charge is 0.508 e. The van der Waals surface area contributed by atoms with Gasteiger partial charge in [-0.1, -0.05) is 54.6 Å². The van der Waals surface area contributed by atoms with Crippen LogP contribution in [0.3, 0.4) is 0 Å². The fraction of sp³-hybridized carbons (Fsp3) is 0.360. The van der Waals surface area contributed by atoms with Crippen molar-refractivity contribution >= 4 is 17.8 Å². The lowest BCUT2D eigenvalue weighted by atomic mass is 10.1. The predicted octanol–water partition coefficient (Wildman–Crippen LogP) is 4.40. The first-order chi connectivity index (χ1) is 14.3. The van der Waals surface area contributed by atoms with Crippen molar-refractivity contribution in [1.29, 1.82) is 0 Å². The number of piperazine rings is 1. The molecular formula is C25H32N2O2. The van der Waals surface area contributed by atoms with Gasteiger partial charge in [0.2, 0.25) is 0 Å². The minimum Gasteiger partial charge on any atom is -0.508 e. The molecule has 2 aromatic carbocycles. The smallest absolute Gasteiger partial charge is 0.115 e. The number of aromatic hydroxyl groups is 1. The monoisotopic (exact) mass is 392 g/mol. The van der Waals surface area contributed by atoms with Crippen molar-refractivity contribution in [1.82, 2.24) is 4.90 Å². The van der Waals surface area contributed by atoms with E-state index >= 15 is 0 Å². The Balaban J connectivity index is 1.45. The number of para-hydroxylation sites is 1. The van der Waals surface area contributed by atoms with Crippen molar-refractivity contribution in [2.75, 3.05) is 44.2 Å². The second-order valence-electron chi connectivity index (χ2n) is 7.44. The number of phenols is 1. The topological polar surface area (TPSA) is 46.9 Å². The van der Waals surface area contributed by atoms with Crippen LogP contribution in [0.25, 0.3) is 12.2 Å². The maximum absolute atomic E-state index is 9.31. The summed E-state index contributed by atoms with van der Waals surface area (Å²) in [5, 5.41) is 18.4. The zero-order valence-electron chi connectivity index (χ0n) is 17.1. The molecule has 0 spiro atoms. The van der Waals surface area contributed by atoms with E-state index in [9.17, 15) is 5.11 Å². The van der Waals surface area contributed by atoms with Gasteiger partial charge < -0.3 is 15.1 Å². The summed E-state index contributed by atoms with van der Waals surface area (Å²) in [6.07, 6.45) is 12.0. The van der Waals surface area contributed by atoms with Gasteiger partial charge >= 0.3 is 0 Å². The fourth-order valence-electron chi connectivity index (χ4n) is 3.64. The number of phenolic OH excluding ortho intramolecular Hbond substituents is 1. The number of unbranched alkanes of at least 4 members (excludes halogenated alkanes) is 2. The van der Waals surface area contributed by atoms with E-state index in [1.54, 1.807) is 12.1 Å². The molecule has 0 amide bonds. The normalized spacial score (nSPS) is 15.6. The maximum atomic E-state index is 9.31. The average molecular weight is 393 g/mol. The average Bonchev–Trinajstić information content (AvgIpc) is 2.75. The third-order valence-corrected chi connectivity index (χ3v) is 5.31. The summed E-state index contributed by atoms with van der Waals surface area (Å²) in [6.45, 7) is 5.04. The summed E-state index contributed by atoms with van der Waals surface area (Å²) in [5.41, 5.74) is 3.70. The first-order valence-electron chi connectivity index (χ1n) is 10.6. The number of anilines is 1. The Morgan fingerprint density at radius 3 is 2.24 bits per heavy atom. The standard InChI is InChI=1S/C25H32N2O2/c28-21-20-26-16-18-27(19-17-26)25-11-7-6-10-23(25)9-5-3-1-2-4-8-22-12-14-24(29)15-13-22/h4-15,28-29H,1-3,16-21H2/b8-4+,9-5+. The molecule has 4 heteroatoms. The van der Waals surface area contributed by atoms with E-state index in [-0.39, 0.29) is 6.61 Å². The summed E-state index contributed by atoms with van der Waals surface area (Å²) in [6, 6.07) is 15.9. The fourth-order valence-corrected chi connectivity index (χ4v) is 3.64. The van der Waals surface area contributed by atoms with Crippen LogP contribution in [0.4, 0.5) is 5.69 Å². The Morgan fingerprint density at radius 2 is 1.52 bits per heavy atom. The van der Waals surface area contributed by atoms with E-state index in [4.69, 9.17) is 5.11 Å². The molecule has 2 N–H and O–H groups in total. The first-order valence-corrected chi connectivity index (χ1v) is 10.6. The van der Waals surface area contributed by atoms with Gasteiger partial charge in [-0.25, -0.2) is 0 Å². The highest BCUT2D eigenvalue weighted by molar-refractivity contribution is 5.67. The van der Waals surface area contributed by atoms with Gasteiger partial charge in [0.05, 0.1) is 6.61 Å².